The average Bonchev–Trinajstić information content (AvgIpc) is 2.89. The first-order valence-electron chi connectivity index (χ1n) is 10.9. The molecule has 1 N–H and O–H groups in total. The molecule has 5 nitrogen and oxygen atoms in total. The number of ether oxygens (including phenoxy) is 2. The van der Waals surface area contributed by atoms with Gasteiger partial charge in [0, 0.05) is 23.1 Å². The van der Waals surface area contributed by atoms with E-state index in [-0.39, 0.29) is 11.3 Å². The van der Waals surface area contributed by atoms with Gasteiger partial charge in [0.2, 0.25) is 0 Å². The van der Waals surface area contributed by atoms with Gasteiger partial charge in [-0.15, -0.1) is 0 Å². The van der Waals surface area contributed by atoms with Crippen LogP contribution in [0.5, 0.6) is 17.2 Å². The number of benzene rings is 4. The largest absolute Gasteiger partial charge is 0.507 e. The molecule has 35 heavy (non-hydrogen) atoms. The lowest BCUT2D eigenvalue weighted by atomic mass is 10.1. The van der Waals surface area contributed by atoms with Crippen LogP contribution in [0.15, 0.2) is 97.1 Å². The first kappa shape index (κ1) is 23.6. The quantitative estimate of drug-likeness (QED) is 0.224. The lowest BCUT2D eigenvalue weighted by molar-refractivity contribution is 0.104. The van der Waals surface area contributed by atoms with Crippen LogP contribution in [0.25, 0.3) is 6.08 Å². The van der Waals surface area contributed by atoms with Crippen LogP contribution in [0.4, 0.5) is 21.5 Å². The minimum absolute atomic E-state index is 0.0458. The summed E-state index contributed by atoms with van der Waals surface area (Å²) in [5, 5.41) is 9.82. The minimum Gasteiger partial charge on any atom is -0.507 e. The van der Waals surface area contributed by atoms with Crippen molar-refractivity contribution in [2.24, 2.45) is 0 Å². The number of hydrogen-bond donors (Lipinski definition) is 1. The van der Waals surface area contributed by atoms with E-state index in [9.17, 15) is 14.3 Å². The van der Waals surface area contributed by atoms with Gasteiger partial charge in [0.15, 0.2) is 5.78 Å². The van der Waals surface area contributed by atoms with Gasteiger partial charge in [0.1, 0.15) is 23.1 Å². The zero-order chi connectivity index (χ0) is 24.8. The monoisotopic (exact) mass is 469 g/mol. The molecule has 0 atom stereocenters. The van der Waals surface area contributed by atoms with Crippen molar-refractivity contribution in [1.29, 1.82) is 0 Å². The number of nitrogens with zero attached hydrogens (tertiary/aromatic N) is 1. The predicted octanol–water partition coefficient (Wildman–Crippen LogP) is 6.91. The lowest BCUT2D eigenvalue weighted by Crippen LogP contribution is -2.09. The standard InChI is InChI=1S/C29H24FNO4/c1-34-25-13-9-23(10-14-25)31(24-11-15-26(35-2)16-12-24)22-7-3-20(4-8-22)5-18-28(32)27-17-6-21(30)19-29(27)33/h3-19,33H,1-2H3/b18-5+. The van der Waals surface area contributed by atoms with Gasteiger partial charge in [-0.05, 0) is 84.4 Å². The van der Waals surface area contributed by atoms with Gasteiger partial charge in [-0.3, -0.25) is 4.79 Å². The Kier molecular flexibility index (Phi) is 7.12. The van der Waals surface area contributed by atoms with Crippen LogP contribution in [0.2, 0.25) is 0 Å². The third-order valence-corrected chi connectivity index (χ3v) is 5.46. The van der Waals surface area contributed by atoms with E-state index in [1.54, 1.807) is 20.3 Å². The van der Waals surface area contributed by atoms with Crippen LogP contribution in [0.3, 0.4) is 0 Å². The first-order chi connectivity index (χ1) is 17.0. The van der Waals surface area contributed by atoms with Gasteiger partial charge in [0.05, 0.1) is 19.8 Å². The van der Waals surface area contributed by atoms with Crippen LogP contribution in [0.1, 0.15) is 15.9 Å². The van der Waals surface area contributed by atoms with E-state index in [4.69, 9.17) is 9.47 Å². The molecule has 0 aliphatic heterocycles. The second-order valence-corrected chi connectivity index (χ2v) is 7.68. The van der Waals surface area contributed by atoms with Gasteiger partial charge >= 0.3 is 0 Å². The molecule has 0 unspecified atom stereocenters. The highest BCUT2D eigenvalue weighted by Crippen LogP contribution is 2.36. The van der Waals surface area contributed by atoms with E-state index in [1.807, 2.05) is 72.8 Å². The molecule has 0 saturated heterocycles. The molecule has 0 heterocycles. The molecule has 4 aromatic rings. The summed E-state index contributed by atoms with van der Waals surface area (Å²) in [6.07, 6.45) is 3.01. The Labute approximate surface area is 203 Å². The number of aromatic hydroxyl groups is 1. The van der Waals surface area contributed by atoms with Crippen molar-refractivity contribution in [3.05, 3.63) is 114 Å². The summed E-state index contributed by atoms with van der Waals surface area (Å²) in [5.74, 6) is 0.132. The lowest BCUT2D eigenvalue weighted by Gasteiger charge is -2.26. The molecule has 0 saturated carbocycles. The van der Waals surface area contributed by atoms with Crippen molar-refractivity contribution < 1.29 is 23.8 Å². The Morgan fingerprint density at radius 1 is 0.771 bits per heavy atom. The molecule has 0 fully saturated rings. The minimum atomic E-state index is -0.600. The maximum Gasteiger partial charge on any atom is 0.189 e. The molecular formula is C29H24FNO4. The number of carbonyl (C=O) groups excluding carboxylic acids is 1. The molecule has 0 radical (unpaired) electrons. The number of ketones is 1. The fraction of sp³-hybridized carbons (Fsp3) is 0.0690. The molecule has 0 bridgehead atoms. The number of allylic oxidation sites excluding steroid dienone is 1. The van der Waals surface area contributed by atoms with Crippen LogP contribution in [-0.2, 0) is 0 Å². The van der Waals surface area contributed by atoms with Crippen molar-refractivity contribution in [1.82, 2.24) is 0 Å². The number of anilines is 3. The smallest absolute Gasteiger partial charge is 0.189 e. The highest BCUT2D eigenvalue weighted by molar-refractivity contribution is 6.08. The Bertz CT molecular complexity index is 1280. The molecule has 0 aliphatic rings. The summed E-state index contributed by atoms with van der Waals surface area (Å²) in [6.45, 7) is 0. The first-order valence-corrected chi connectivity index (χ1v) is 10.9. The van der Waals surface area contributed by atoms with Crippen molar-refractivity contribution in [3.8, 4) is 17.2 Å². The Morgan fingerprint density at radius 3 is 1.71 bits per heavy atom. The molecule has 176 valence electrons. The summed E-state index contributed by atoms with van der Waals surface area (Å²) in [6, 6.07) is 26.5. The highest BCUT2D eigenvalue weighted by atomic mass is 19.1. The third kappa shape index (κ3) is 5.50. The summed E-state index contributed by atoms with van der Waals surface area (Å²) in [5.41, 5.74) is 3.65. The molecule has 0 spiro atoms. The molecule has 0 aromatic heterocycles. The summed E-state index contributed by atoms with van der Waals surface area (Å²) in [4.78, 5) is 14.5. The van der Waals surface area contributed by atoms with Crippen molar-refractivity contribution in [3.63, 3.8) is 0 Å². The zero-order valence-electron chi connectivity index (χ0n) is 19.3. The van der Waals surface area contributed by atoms with Crippen molar-refractivity contribution >= 4 is 28.9 Å². The van der Waals surface area contributed by atoms with Gasteiger partial charge in [-0.2, -0.15) is 0 Å². The molecule has 0 aliphatic carbocycles. The van der Waals surface area contributed by atoms with E-state index < -0.39 is 11.6 Å². The maximum atomic E-state index is 13.2. The van der Waals surface area contributed by atoms with Crippen LogP contribution >= 0.6 is 0 Å². The van der Waals surface area contributed by atoms with Gasteiger partial charge in [0.25, 0.3) is 0 Å². The van der Waals surface area contributed by atoms with E-state index in [0.717, 1.165) is 46.3 Å². The highest BCUT2D eigenvalue weighted by Gasteiger charge is 2.13. The van der Waals surface area contributed by atoms with Gasteiger partial charge < -0.3 is 19.5 Å². The van der Waals surface area contributed by atoms with E-state index >= 15 is 0 Å². The van der Waals surface area contributed by atoms with Crippen molar-refractivity contribution in [2.45, 2.75) is 0 Å². The molecule has 0 amide bonds. The Morgan fingerprint density at radius 2 is 1.26 bits per heavy atom. The zero-order valence-corrected chi connectivity index (χ0v) is 19.3. The number of phenolic OH excluding ortho intramolecular Hbond substituents is 1. The van der Waals surface area contributed by atoms with Crippen LogP contribution in [0, 0.1) is 5.82 Å². The van der Waals surface area contributed by atoms with E-state index in [0.29, 0.717) is 0 Å². The van der Waals surface area contributed by atoms with E-state index in [1.165, 1.54) is 12.1 Å². The number of phenols is 1. The summed E-state index contributed by atoms with van der Waals surface area (Å²) < 4.78 is 23.8. The van der Waals surface area contributed by atoms with E-state index in [2.05, 4.69) is 4.90 Å². The second kappa shape index (κ2) is 10.6. The average molecular weight is 470 g/mol. The molecule has 6 heteroatoms. The van der Waals surface area contributed by atoms with Crippen molar-refractivity contribution in [2.75, 3.05) is 19.1 Å². The SMILES string of the molecule is COc1ccc(N(c2ccc(/C=C/C(=O)c3ccc(F)cc3O)cc2)c2ccc(OC)cc2)cc1. The molecule has 4 rings (SSSR count). The fourth-order valence-corrected chi connectivity index (χ4v) is 3.62. The number of methoxy groups -OCH3 is 2. The third-order valence-electron chi connectivity index (χ3n) is 5.46. The van der Waals surface area contributed by atoms with Crippen LogP contribution < -0.4 is 14.4 Å². The molecular weight excluding hydrogens is 445 g/mol. The van der Waals surface area contributed by atoms with Gasteiger partial charge in [-0.25, -0.2) is 4.39 Å². The van der Waals surface area contributed by atoms with Gasteiger partial charge in [-0.1, -0.05) is 18.2 Å². The normalized spacial score (nSPS) is 10.8. The maximum absolute atomic E-state index is 13.2. The number of hydrogen-bond acceptors (Lipinski definition) is 5. The van der Waals surface area contributed by atoms with Crippen LogP contribution in [-0.4, -0.2) is 25.1 Å². The topological polar surface area (TPSA) is 59.0 Å². The fourth-order valence-electron chi connectivity index (χ4n) is 3.62. The molecule has 4 aromatic carbocycles. The Hall–Kier alpha value is -4.58. The summed E-state index contributed by atoms with van der Waals surface area (Å²) >= 11 is 0. The predicted molar refractivity (Wildman–Crippen MR) is 136 cm³/mol. The Balaban J connectivity index is 1.61. The second-order valence-electron chi connectivity index (χ2n) is 7.68. The number of carbonyl (C=O) groups is 1. The number of halogens is 1. The summed E-state index contributed by atoms with van der Waals surface area (Å²) in [7, 11) is 3.26. The number of rotatable bonds is 8.